The number of aliphatic imine (C=N–C) groups is 1. The second-order valence-corrected chi connectivity index (χ2v) is 9.15. The van der Waals surface area contributed by atoms with Crippen molar-refractivity contribution in [3.63, 3.8) is 0 Å². The molecule has 3 amide bonds. The van der Waals surface area contributed by atoms with Crippen LogP contribution < -0.4 is 25.0 Å². The summed E-state index contributed by atoms with van der Waals surface area (Å²) >= 11 is 7.12. The lowest BCUT2D eigenvalue weighted by atomic mass is 10.1. The highest BCUT2D eigenvalue weighted by atomic mass is 35.5. The van der Waals surface area contributed by atoms with Crippen LogP contribution in [0.2, 0.25) is 5.02 Å². The summed E-state index contributed by atoms with van der Waals surface area (Å²) in [7, 11) is 4.40. The zero-order chi connectivity index (χ0) is 27.2. The van der Waals surface area contributed by atoms with Crippen molar-refractivity contribution >= 4 is 57.6 Å². The molecule has 0 bridgehead atoms. The van der Waals surface area contributed by atoms with Gasteiger partial charge in [-0.2, -0.15) is 5.01 Å². The van der Waals surface area contributed by atoms with E-state index in [1.807, 2.05) is 0 Å². The standard InChI is InChI=1S/C26H23ClN4O6S/c1-35-20-12-16(13-21(36-2)23(20)37-3)24(33)28-18-8-4-15(5-9-18)25(34)30-31-22(32)14-38-26(31)29-19-10-6-17(27)7-11-19/h4-13H,14H2,1-3H3,(H,28,33)(H,30,34). The van der Waals surface area contributed by atoms with E-state index in [-0.39, 0.29) is 17.2 Å². The average Bonchev–Trinajstić information content (AvgIpc) is 3.27. The Kier molecular flexibility index (Phi) is 8.39. The first-order valence-electron chi connectivity index (χ1n) is 11.2. The number of hydrogen-bond donors (Lipinski definition) is 2. The van der Waals surface area contributed by atoms with Gasteiger partial charge >= 0.3 is 0 Å². The van der Waals surface area contributed by atoms with Crippen molar-refractivity contribution < 1.29 is 28.6 Å². The second kappa shape index (κ2) is 11.9. The Morgan fingerprint density at radius 3 is 2.11 bits per heavy atom. The van der Waals surface area contributed by atoms with Crippen LogP contribution in [-0.2, 0) is 4.79 Å². The largest absolute Gasteiger partial charge is 0.493 e. The number of carbonyl (C=O) groups is 3. The summed E-state index contributed by atoms with van der Waals surface area (Å²) in [5.74, 6) is -0.00597. The molecule has 0 aromatic heterocycles. The fraction of sp³-hybridized carbons (Fsp3) is 0.154. The normalized spacial score (nSPS) is 13.8. The minimum Gasteiger partial charge on any atom is -0.493 e. The van der Waals surface area contributed by atoms with E-state index >= 15 is 0 Å². The number of amides is 3. The van der Waals surface area contributed by atoms with Crippen molar-refractivity contribution in [1.29, 1.82) is 0 Å². The number of benzene rings is 3. The lowest BCUT2D eigenvalue weighted by molar-refractivity contribution is -0.125. The van der Waals surface area contributed by atoms with Gasteiger partial charge in [-0.3, -0.25) is 19.8 Å². The van der Waals surface area contributed by atoms with Crippen LogP contribution in [0.3, 0.4) is 0 Å². The third-order valence-corrected chi connectivity index (χ3v) is 6.54. The molecule has 0 atom stereocenters. The van der Waals surface area contributed by atoms with E-state index in [0.717, 1.165) is 5.01 Å². The van der Waals surface area contributed by atoms with Crippen LogP contribution in [0.5, 0.6) is 17.2 Å². The van der Waals surface area contributed by atoms with Gasteiger partial charge in [0.2, 0.25) is 5.75 Å². The highest BCUT2D eigenvalue weighted by molar-refractivity contribution is 8.15. The van der Waals surface area contributed by atoms with Crippen LogP contribution in [0.15, 0.2) is 65.7 Å². The molecule has 0 aliphatic carbocycles. The molecule has 10 nitrogen and oxygen atoms in total. The first-order valence-corrected chi connectivity index (χ1v) is 12.5. The fourth-order valence-electron chi connectivity index (χ4n) is 3.47. The molecular weight excluding hydrogens is 532 g/mol. The number of hydrogen-bond acceptors (Lipinski definition) is 8. The molecule has 12 heteroatoms. The van der Waals surface area contributed by atoms with Crippen LogP contribution in [0.1, 0.15) is 20.7 Å². The lowest BCUT2D eigenvalue weighted by Crippen LogP contribution is -2.45. The Hall–Kier alpha value is -4.22. The van der Waals surface area contributed by atoms with Crippen LogP contribution in [-0.4, -0.2) is 55.0 Å². The van der Waals surface area contributed by atoms with E-state index in [0.29, 0.717) is 44.4 Å². The zero-order valence-electron chi connectivity index (χ0n) is 20.6. The van der Waals surface area contributed by atoms with E-state index in [1.165, 1.54) is 57.4 Å². The Labute approximate surface area is 227 Å². The van der Waals surface area contributed by atoms with E-state index in [4.69, 9.17) is 25.8 Å². The van der Waals surface area contributed by atoms with Gasteiger partial charge in [0, 0.05) is 21.8 Å². The molecule has 1 saturated heterocycles. The summed E-state index contributed by atoms with van der Waals surface area (Å²) in [5.41, 5.74) is 4.22. The number of nitrogens with one attached hydrogen (secondary N) is 2. The monoisotopic (exact) mass is 554 g/mol. The highest BCUT2D eigenvalue weighted by Gasteiger charge is 2.30. The van der Waals surface area contributed by atoms with E-state index in [9.17, 15) is 14.4 Å². The topological polar surface area (TPSA) is 119 Å². The van der Waals surface area contributed by atoms with Crippen molar-refractivity contribution in [2.45, 2.75) is 0 Å². The summed E-state index contributed by atoms with van der Waals surface area (Å²) in [5, 5.41) is 4.80. The molecule has 0 saturated carbocycles. The molecule has 3 aromatic carbocycles. The van der Waals surface area contributed by atoms with Crippen molar-refractivity contribution in [3.8, 4) is 17.2 Å². The molecule has 38 heavy (non-hydrogen) atoms. The van der Waals surface area contributed by atoms with E-state index in [1.54, 1.807) is 36.4 Å². The number of rotatable bonds is 8. The van der Waals surface area contributed by atoms with Gasteiger partial charge in [0.25, 0.3) is 17.7 Å². The van der Waals surface area contributed by atoms with Crippen LogP contribution >= 0.6 is 23.4 Å². The summed E-state index contributed by atoms with van der Waals surface area (Å²) in [6.07, 6.45) is 0. The highest BCUT2D eigenvalue weighted by Crippen LogP contribution is 2.38. The number of amidine groups is 1. The molecule has 0 unspecified atom stereocenters. The number of nitrogens with zero attached hydrogens (tertiary/aromatic N) is 2. The molecular formula is C26H23ClN4O6S. The van der Waals surface area contributed by atoms with Gasteiger partial charge in [-0.25, -0.2) is 4.99 Å². The molecule has 2 N–H and O–H groups in total. The van der Waals surface area contributed by atoms with Crippen molar-refractivity contribution in [3.05, 3.63) is 76.8 Å². The van der Waals surface area contributed by atoms with Gasteiger partial charge in [0.05, 0.1) is 32.8 Å². The average molecular weight is 555 g/mol. The lowest BCUT2D eigenvalue weighted by Gasteiger charge is -2.17. The van der Waals surface area contributed by atoms with Crippen molar-refractivity contribution in [1.82, 2.24) is 10.4 Å². The predicted molar refractivity (Wildman–Crippen MR) is 146 cm³/mol. The maximum atomic E-state index is 12.8. The summed E-state index contributed by atoms with van der Waals surface area (Å²) in [6.45, 7) is 0. The van der Waals surface area contributed by atoms with Crippen molar-refractivity contribution in [2.24, 2.45) is 4.99 Å². The first-order chi connectivity index (χ1) is 18.3. The minimum absolute atomic E-state index is 0.151. The van der Waals surface area contributed by atoms with Gasteiger partial charge < -0.3 is 19.5 Å². The molecule has 1 heterocycles. The number of ether oxygens (including phenoxy) is 3. The summed E-state index contributed by atoms with van der Waals surface area (Å²) < 4.78 is 15.9. The number of carbonyl (C=O) groups excluding carboxylic acids is 3. The summed E-state index contributed by atoms with van der Waals surface area (Å²) in [4.78, 5) is 42.4. The van der Waals surface area contributed by atoms with E-state index in [2.05, 4.69) is 15.7 Å². The van der Waals surface area contributed by atoms with Gasteiger partial charge in [-0.05, 0) is 60.7 Å². The smallest absolute Gasteiger partial charge is 0.270 e. The number of hydrazine groups is 1. The quantitative estimate of drug-likeness (QED) is 0.420. The third-order valence-electron chi connectivity index (χ3n) is 5.36. The SMILES string of the molecule is COc1cc(C(=O)Nc2ccc(C(=O)NN3C(=O)CSC3=Nc3ccc(Cl)cc3)cc2)cc(OC)c1OC. The van der Waals surface area contributed by atoms with Crippen molar-refractivity contribution in [2.75, 3.05) is 32.4 Å². The second-order valence-electron chi connectivity index (χ2n) is 7.78. The number of halogens is 1. The van der Waals surface area contributed by atoms with Crippen LogP contribution in [0, 0.1) is 0 Å². The Bertz CT molecular complexity index is 1370. The van der Waals surface area contributed by atoms with Gasteiger partial charge in [0.15, 0.2) is 16.7 Å². The fourth-order valence-corrected chi connectivity index (χ4v) is 4.42. The third kappa shape index (κ3) is 6.01. The molecule has 0 radical (unpaired) electrons. The Morgan fingerprint density at radius 2 is 1.53 bits per heavy atom. The molecule has 1 aliphatic rings. The van der Waals surface area contributed by atoms with Gasteiger partial charge in [-0.15, -0.1) is 0 Å². The maximum absolute atomic E-state index is 12.8. The predicted octanol–water partition coefficient (Wildman–Crippen LogP) is 4.53. The number of anilines is 1. The molecule has 4 rings (SSSR count). The first kappa shape index (κ1) is 26.8. The molecule has 0 spiro atoms. The number of thioether (sulfide) groups is 1. The minimum atomic E-state index is -0.507. The van der Waals surface area contributed by atoms with E-state index < -0.39 is 11.8 Å². The molecule has 196 valence electrons. The molecule has 1 fully saturated rings. The Morgan fingerprint density at radius 1 is 0.895 bits per heavy atom. The van der Waals surface area contributed by atoms with Crippen LogP contribution in [0.25, 0.3) is 0 Å². The maximum Gasteiger partial charge on any atom is 0.270 e. The Balaban J connectivity index is 1.44. The van der Waals surface area contributed by atoms with Gasteiger partial charge in [0.1, 0.15) is 0 Å². The zero-order valence-corrected chi connectivity index (χ0v) is 22.2. The number of methoxy groups -OCH3 is 3. The van der Waals surface area contributed by atoms with Crippen LogP contribution in [0.4, 0.5) is 11.4 Å². The molecule has 1 aliphatic heterocycles. The van der Waals surface area contributed by atoms with Gasteiger partial charge in [-0.1, -0.05) is 23.4 Å². The molecule has 3 aromatic rings. The summed E-state index contributed by atoms with van der Waals surface area (Å²) in [6, 6.07) is 16.1.